The summed E-state index contributed by atoms with van der Waals surface area (Å²) in [5.74, 6) is 0.752. The molecule has 1 aromatic heterocycles. The van der Waals surface area contributed by atoms with Crippen molar-refractivity contribution in [1.29, 1.82) is 0 Å². The molecule has 9 nitrogen and oxygen atoms in total. The molecule has 0 saturated carbocycles. The first-order valence-electron chi connectivity index (χ1n) is 11.1. The SMILES string of the molecule is COc1cc2ncnc(Nc3ccc(F)c(I)c3)c2cc1OCCNc1ccc(/C=C/C(=O)NO)cc1. The highest BCUT2D eigenvalue weighted by Crippen LogP contribution is 2.35. The highest BCUT2D eigenvalue weighted by molar-refractivity contribution is 14.1. The number of hydrogen-bond donors (Lipinski definition) is 4. The largest absolute Gasteiger partial charge is 0.493 e. The maximum atomic E-state index is 13.7. The van der Waals surface area contributed by atoms with E-state index in [-0.39, 0.29) is 5.82 Å². The lowest BCUT2D eigenvalue weighted by molar-refractivity contribution is -0.124. The number of hydrogen-bond acceptors (Lipinski definition) is 8. The number of carbonyl (C=O) groups excluding carboxylic acids is 1. The minimum atomic E-state index is -0.594. The van der Waals surface area contributed by atoms with Gasteiger partial charge in [0.25, 0.3) is 5.91 Å². The second kappa shape index (κ2) is 12.3. The first kappa shape index (κ1) is 26.1. The fourth-order valence-corrected chi connectivity index (χ4v) is 3.94. The summed E-state index contributed by atoms with van der Waals surface area (Å²) >= 11 is 1.94. The smallest absolute Gasteiger partial charge is 0.267 e. The standard InChI is InChI=1S/C26H23FIN5O4/c1-36-23-14-22-19(26(31-15-30-22)32-18-7-8-20(27)21(28)12-18)13-24(23)37-11-10-29-17-5-2-16(3-6-17)4-9-25(34)33-35/h2-9,12-15,29,35H,10-11H2,1H3,(H,33,34)(H,30,31,32)/b9-4+. The Kier molecular flexibility index (Phi) is 8.69. The fourth-order valence-electron chi connectivity index (χ4n) is 3.42. The third-order valence-electron chi connectivity index (χ3n) is 5.24. The molecule has 1 heterocycles. The summed E-state index contributed by atoms with van der Waals surface area (Å²) in [5.41, 5.74) is 4.61. The lowest BCUT2D eigenvalue weighted by atomic mass is 10.2. The monoisotopic (exact) mass is 615 g/mol. The van der Waals surface area contributed by atoms with Crippen LogP contribution in [0.1, 0.15) is 5.56 Å². The van der Waals surface area contributed by atoms with Crippen LogP contribution in [0.3, 0.4) is 0 Å². The molecule has 0 unspecified atom stereocenters. The minimum absolute atomic E-state index is 0.285. The Hall–Kier alpha value is -3.97. The van der Waals surface area contributed by atoms with Crippen molar-refractivity contribution < 1.29 is 23.9 Å². The fraction of sp³-hybridized carbons (Fsp3) is 0.115. The summed E-state index contributed by atoms with van der Waals surface area (Å²) in [4.78, 5) is 19.8. The van der Waals surface area contributed by atoms with E-state index in [0.29, 0.717) is 45.2 Å². The number of halogens is 2. The molecule has 37 heavy (non-hydrogen) atoms. The minimum Gasteiger partial charge on any atom is -0.493 e. The Morgan fingerprint density at radius 3 is 2.59 bits per heavy atom. The molecule has 4 N–H and O–H groups in total. The third kappa shape index (κ3) is 6.83. The average molecular weight is 615 g/mol. The van der Waals surface area contributed by atoms with Crippen molar-refractivity contribution in [1.82, 2.24) is 15.4 Å². The quantitative estimate of drug-likeness (QED) is 0.0638. The van der Waals surface area contributed by atoms with Gasteiger partial charge in [0, 0.05) is 35.4 Å². The number of nitrogens with one attached hydrogen (secondary N) is 3. The van der Waals surface area contributed by atoms with Crippen molar-refractivity contribution in [3.63, 3.8) is 0 Å². The molecule has 4 rings (SSSR count). The number of ether oxygens (including phenoxy) is 2. The maximum absolute atomic E-state index is 13.7. The van der Waals surface area contributed by atoms with E-state index in [9.17, 15) is 9.18 Å². The van der Waals surface area contributed by atoms with Gasteiger partial charge in [0.05, 0.1) is 16.2 Å². The number of methoxy groups -OCH3 is 1. The zero-order chi connectivity index (χ0) is 26.2. The van der Waals surface area contributed by atoms with E-state index in [0.717, 1.165) is 16.6 Å². The lowest BCUT2D eigenvalue weighted by Crippen LogP contribution is -2.14. The lowest BCUT2D eigenvalue weighted by Gasteiger charge is -2.14. The Bertz CT molecular complexity index is 1430. The molecule has 4 aromatic rings. The molecule has 11 heteroatoms. The van der Waals surface area contributed by atoms with Gasteiger partial charge in [0.15, 0.2) is 11.5 Å². The second-order valence-corrected chi connectivity index (χ2v) is 8.87. The van der Waals surface area contributed by atoms with E-state index in [1.165, 1.54) is 18.5 Å². The van der Waals surface area contributed by atoms with E-state index in [1.54, 1.807) is 36.9 Å². The number of benzene rings is 3. The van der Waals surface area contributed by atoms with Crippen LogP contribution in [-0.4, -0.2) is 41.3 Å². The van der Waals surface area contributed by atoms with Gasteiger partial charge in [-0.3, -0.25) is 10.0 Å². The van der Waals surface area contributed by atoms with E-state index in [1.807, 2.05) is 52.9 Å². The molecular weight excluding hydrogens is 592 g/mol. The number of fused-ring (bicyclic) bond motifs is 1. The van der Waals surface area contributed by atoms with Gasteiger partial charge in [-0.25, -0.2) is 19.8 Å². The predicted molar refractivity (Wildman–Crippen MR) is 148 cm³/mol. The molecule has 0 fully saturated rings. The zero-order valence-electron chi connectivity index (χ0n) is 19.7. The summed E-state index contributed by atoms with van der Waals surface area (Å²) in [7, 11) is 1.56. The number of amides is 1. The molecule has 0 aliphatic heterocycles. The second-order valence-electron chi connectivity index (χ2n) is 7.70. The number of hydroxylamine groups is 1. The molecule has 190 valence electrons. The van der Waals surface area contributed by atoms with Crippen molar-refractivity contribution in [3.05, 3.63) is 82.0 Å². The van der Waals surface area contributed by atoms with Gasteiger partial charge in [-0.05, 0) is 70.6 Å². The average Bonchev–Trinajstić information content (AvgIpc) is 2.92. The Morgan fingerprint density at radius 1 is 1.08 bits per heavy atom. The van der Waals surface area contributed by atoms with E-state index < -0.39 is 5.91 Å². The molecule has 0 aliphatic rings. The molecule has 0 radical (unpaired) electrons. The van der Waals surface area contributed by atoms with Crippen LogP contribution in [0.4, 0.5) is 21.6 Å². The molecule has 0 bridgehead atoms. The molecule has 0 aliphatic carbocycles. The van der Waals surface area contributed by atoms with Crippen LogP contribution in [-0.2, 0) is 4.79 Å². The summed E-state index contributed by atoms with van der Waals surface area (Å²) in [5, 5.41) is 15.8. The number of anilines is 3. The van der Waals surface area contributed by atoms with Crippen LogP contribution in [0.25, 0.3) is 17.0 Å². The molecule has 3 aromatic carbocycles. The molecule has 0 saturated heterocycles. The van der Waals surface area contributed by atoms with Crippen LogP contribution < -0.4 is 25.6 Å². The van der Waals surface area contributed by atoms with Crippen molar-refractivity contribution in [2.24, 2.45) is 0 Å². The Balaban J connectivity index is 1.43. The van der Waals surface area contributed by atoms with Gasteiger partial charge < -0.3 is 20.1 Å². The summed E-state index contributed by atoms with van der Waals surface area (Å²) in [6, 6.07) is 15.8. The first-order valence-corrected chi connectivity index (χ1v) is 12.2. The summed E-state index contributed by atoms with van der Waals surface area (Å²) in [6.07, 6.45) is 4.28. The van der Waals surface area contributed by atoms with Crippen molar-refractivity contribution >= 4 is 62.7 Å². The summed E-state index contributed by atoms with van der Waals surface area (Å²) < 4.78 is 25.6. The normalized spacial score (nSPS) is 10.9. The topological polar surface area (TPSA) is 118 Å². The molecule has 1 amide bonds. The van der Waals surface area contributed by atoms with Crippen LogP contribution in [0.2, 0.25) is 0 Å². The number of rotatable bonds is 10. The van der Waals surface area contributed by atoms with Gasteiger partial charge >= 0.3 is 0 Å². The highest BCUT2D eigenvalue weighted by atomic mass is 127. The number of carbonyl (C=O) groups is 1. The van der Waals surface area contributed by atoms with Gasteiger partial charge in [-0.1, -0.05) is 12.1 Å². The van der Waals surface area contributed by atoms with E-state index in [4.69, 9.17) is 14.7 Å². The molecule has 0 atom stereocenters. The number of aromatic nitrogens is 2. The van der Waals surface area contributed by atoms with Crippen LogP contribution in [0.15, 0.2) is 67.0 Å². The van der Waals surface area contributed by atoms with Crippen molar-refractivity contribution in [3.8, 4) is 11.5 Å². The predicted octanol–water partition coefficient (Wildman–Crippen LogP) is 5.14. The van der Waals surface area contributed by atoms with Crippen LogP contribution in [0.5, 0.6) is 11.5 Å². The van der Waals surface area contributed by atoms with Crippen LogP contribution >= 0.6 is 22.6 Å². The van der Waals surface area contributed by atoms with Gasteiger partial charge in [0.2, 0.25) is 0 Å². The summed E-state index contributed by atoms with van der Waals surface area (Å²) in [6.45, 7) is 0.876. The Morgan fingerprint density at radius 2 is 1.86 bits per heavy atom. The van der Waals surface area contributed by atoms with Gasteiger partial charge in [0.1, 0.15) is 24.6 Å². The van der Waals surface area contributed by atoms with Gasteiger partial charge in [-0.15, -0.1) is 0 Å². The first-order chi connectivity index (χ1) is 18.0. The molecular formula is C26H23FIN5O4. The van der Waals surface area contributed by atoms with Crippen LogP contribution in [0, 0.1) is 9.39 Å². The van der Waals surface area contributed by atoms with E-state index >= 15 is 0 Å². The maximum Gasteiger partial charge on any atom is 0.267 e. The molecule has 0 spiro atoms. The Labute approximate surface area is 225 Å². The number of nitrogens with zero attached hydrogens (tertiary/aromatic N) is 2. The zero-order valence-corrected chi connectivity index (χ0v) is 21.8. The van der Waals surface area contributed by atoms with E-state index in [2.05, 4.69) is 20.6 Å². The third-order valence-corrected chi connectivity index (χ3v) is 6.07. The van der Waals surface area contributed by atoms with Gasteiger partial charge in [-0.2, -0.15) is 0 Å². The van der Waals surface area contributed by atoms with Crippen molar-refractivity contribution in [2.75, 3.05) is 30.9 Å². The van der Waals surface area contributed by atoms with Crippen molar-refractivity contribution in [2.45, 2.75) is 0 Å². The highest BCUT2D eigenvalue weighted by Gasteiger charge is 2.12.